The van der Waals surface area contributed by atoms with Gasteiger partial charge in [0, 0.05) is 12.6 Å². The highest BCUT2D eigenvalue weighted by atomic mass is 35.5. The lowest BCUT2D eigenvalue weighted by molar-refractivity contribution is -0.115. The molecule has 19 heavy (non-hydrogen) atoms. The van der Waals surface area contributed by atoms with Gasteiger partial charge in [-0.1, -0.05) is 11.6 Å². The predicted octanol–water partition coefficient (Wildman–Crippen LogP) is 2.49. The highest BCUT2D eigenvalue weighted by molar-refractivity contribution is 7.80. The number of anilines is 1. The van der Waals surface area contributed by atoms with Crippen molar-refractivity contribution < 1.29 is 4.79 Å². The van der Waals surface area contributed by atoms with E-state index in [9.17, 15) is 4.79 Å². The normalized spacial score (nSPS) is 10.5. The molecule has 0 bridgehead atoms. The zero-order valence-electron chi connectivity index (χ0n) is 10.3. The van der Waals surface area contributed by atoms with Crippen LogP contribution in [0.3, 0.4) is 0 Å². The van der Waals surface area contributed by atoms with Gasteiger partial charge in [0.25, 0.3) is 0 Å². The molecule has 0 aliphatic heterocycles. The fourth-order valence-electron chi connectivity index (χ4n) is 1.55. The molecule has 100 valence electrons. The summed E-state index contributed by atoms with van der Waals surface area (Å²) < 4.78 is 1.58. The summed E-state index contributed by atoms with van der Waals surface area (Å²) in [6.07, 6.45) is 5.42. The second kappa shape index (κ2) is 6.08. The maximum atomic E-state index is 11.5. The predicted molar refractivity (Wildman–Crippen MR) is 78.2 cm³/mol. The summed E-state index contributed by atoms with van der Waals surface area (Å²) >= 11 is 10.00. The van der Waals surface area contributed by atoms with Crippen LogP contribution in [0.5, 0.6) is 0 Å². The first kappa shape index (κ1) is 13.9. The van der Waals surface area contributed by atoms with E-state index in [1.165, 1.54) is 0 Å². The lowest BCUT2D eigenvalue weighted by Crippen LogP contribution is -2.11. The standard InChI is InChI=1S/C12H13ClN4OS/c1-8-4-9(6-14-5-8)17-7-10(12(13)16-17)15-11(18)2-3-19/h4-7,19H,2-3H2,1H3,(H,15,18). The molecule has 0 atom stereocenters. The molecule has 0 fully saturated rings. The van der Waals surface area contributed by atoms with Crippen LogP contribution in [-0.2, 0) is 4.79 Å². The van der Waals surface area contributed by atoms with E-state index in [1.54, 1.807) is 23.3 Å². The van der Waals surface area contributed by atoms with Crippen LogP contribution < -0.4 is 5.32 Å². The van der Waals surface area contributed by atoms with E-state index in [4.69, 9.17) is 11.6 Å². The van der Waals surface area contributed by atoms with Gasteiger partial charge in [0.05, 0.1) is 23.8 Å². The fraction of sp³-hybridized carbons (Fsp3) is 0.250. The van der Waals surface area contributed by atoms with E-state index in [2.05, 4.69) is 28.0 Å². The number of carbonyl (C=O) groups is 1. The Bertz CT molecular complexity index is 599. The van der Waals surface area contributed by atoms with E-state index in [0.29, 0.717) is 17.9 Å². The van der Waals surface area contributed by atoms with Crippen molar-refractivity contribution in [1.29, 1.82) is 0 Å². The maximum Gasteiger partial charge on any atom is 0.225 e. The summed E-state index contributed by atoms with van der Waals surface area (Å²) in [7, 11) is 0. The summed E-state index contributed by atoms with van der Waals surface area (Å²) in [4.78, 5) is 15.6. The Morgan fingerprint density at radius 3 is 3.00 bits per heavy atom. The zero-order chi connectivity index (χ0) is 13.8. The molecule has 2 aromatic heterocycles. The summed E-state index contributed by atoms with van der Waals surface area (Å²) in [5, 5.41) is 7.08. The van der Waals surface area contributed by atoms with Crippen molar-refractivity contribution in [1.82, 2.24) is 14.8 Å². The second-order valence-electron chi connectivity index (χ2n) is 4.02. The number of hydrogen-bond donors (Lipinski definition) is 2. The van der Waals surface area contributed by atoms with Crippen molar-refractivity contribution in [3.63, 3.8) is 0 Å². The lowest BCUT2D eigenvalue weighted by Gasteiger charge is -2.01. The maximum absolute atomic E-state index is 11.5. The van der Waals surface area contributed by atoms with Crippen LogP contribution in [0.2, 0.25) is 5.15 Å². The van der Waals surface area contributed by atoms with Crippen LogP contribution in [0.1, 0.15) is 12.0 Å². The number of amides is 1. The third-order valence-electron chi connectivity index (χ3n) is 2.41. The topological polar surface area (TPSA) is 59.8 Å². The molecular weight excluding hydrogens is 284 g/mol. The molecule has 1 amide bonds. The first-order valence-electron chi connectivity index (χ1n) is 5.68. The van der Waals surface area contributed by atoms with Crippen LogP contribution in [0, 0.1) is 6.92 Å². The summed E-state index contributed by atoms with van der Waals surface area (Å²) in [5.41, 5.74) is 2.29. The van der Waals surface area contributed by atoms with E-state index in [0.717, 1.165) is 11.3 Å². The molecular formula is C12H13ClN4OS. The van der Waals surface area contributed by atoms with Gasteiger partial charge < -0.3 is 5.32 Å². The highest BCUT2D eigenvalue weighted by Gasteiger charge is 2.11. The number of rotatable bonds is 4. The van der Waals surface area contributed by atoms with Crippen LogP contribution >= 0.6 is 24.2 Å². The van der Waals surface area contributed by atoms with Crippen LogP contribution in [0.15, 0.2) is 24.7 Å². The molecule has 5 nitrogen and oxygen atoms in total. The number of aryl methyl sites for hydroxylation is 1. The highest BCUT2D eigenvalue weighted by Crippen LogP contribution is 2.22. The largest absolute Gasteiger partial charge is 0.322 e. The first-order valence-corrected chi connectivity index (χ1v) is 6.69. The Kier molecular flexibility index (Phi) is 4.44. The summed E-state index contributed by atoms with van der Waals surface area (Å²) in [5.74, 6) is 0.346. The van der Waals surface area contributed by atoms with Gasteiger partial charge in [0.2, 0.25) is 5.91 Å². The van der Waals surface area contributed by atoms with E-state index < -0.39 is 0 Å². The van der Waals surface area contributed by atoms with Crippen molar-refractivity contribution in [3.8, 4) is 5.69 Å². The fourth-order valence-corrected chi connectivity index (χ4v) is 1.93. The lowest BCUT2D eigenvalue weighted by atomic mass is 10.3. The van der Waals surface area contributed by atoms with Gasteiger partial charge in [-0.05, 0) is 24.3 Å². The molecule has 0 unspecified atom stereocenters. The van der Waals surface area contributed by atoms with Crippen LogP contribution in [0.25, 0.3) is 5.69 Å². The number of halogens is 1. The Morgan fingerprint density at radius 2 is 2.32 bits per heavy atom. The molecule has 0 radical (unpaired) electrons. The van der Waals surface area contributed by atoms with Gasteiger partial charge in [0.1, 0.15) is 0 Å². The van der Waals surface area contributed by atoms with E-state index in [1.807, 2.05) is 13.0 Å². The molecule has 1 N–H and O–H groups in total. The molecule has 0 aliphatic carbocycles. The van der Waals surface area contributed by atoms with Crippen molar-refractivity contribution >= 4 is 35.8 Å². The summed E-state index contributed by atoms with van der Waals surface area (Å²) in [6, 6.07) is 1.93. The molecule has 2 rings (SSSR count). The average Bonchev–Trinajstić information content (AvgIpc) is 2.71. The van der Waals surface area contributed by atoms with Gasteiger partial charge in [-0.15, -0.1) is 0 Å². The van der Waals surface area contributed by atoms with Gasteiger partial charge >= 0.3 is 0 Å². The van der Waals surface area contributed by atoms with Gasteiger partial charge in [0.15, 0.2) is 5.15 Å². The number of nitrogens with zero attached hydrogens (tertiary/aromatic N) is 3. The SMILES string of the molecule is Cc1cncc(-n2cc(NC(=O)CCS)c(Cl)n2)c1. The minimum absolute atomic E-state index is 0.140. The third-order valence-corrected chi connectivity index (χ3v) is 2.91. The molecule has 0 spiro atoms. The molecule has 0 aliphatic rings. The average molecular weight is 297 g/mol. The molecule has 0 saturated carbocycles. The van der Waals surface area contributed by atoms with Gasteiger partial charge in [-0.2, -0.15) is 17.7 Å². The second-order valence-corrected chi connectivity index (χ2v) is 4.83. The van der Waals surface area contributed by atoms with E-state index in [-0.39, 0.29) is 11.1 Å². The number of hydrogen-bond acceptors (Lipinski definition) is 4. The Hall–Kier alpha value is -1.53. The molecule has 7 heteroatoms. The smallest absolute Gasteiger partial charge is 0.225 e. The number of nitrogens with one attached hydrogen (secondary N) is 1. The third kappa shape index (κ3) is 3.48. The minimum atomic E-state index is -0.140. The van der Waals surface area contributed by atoms with Crippen molar-refractivity contribution in [2.75, 3.05) is 11.1 Å². The van der Waals surface area contributed by atoms with Crippen molar-refractivity contribution in [2.24, 2.45) is 0 Å². The number of aromatic nitrogens is 3. The number of carbonyl (C=O) groups excluding carboxylic acids is 1. The number of thiol groups is 1. The van der Waals surface area contributed by atoms with Gasteiger partial charge in [-0.25, -0.2) is 4.68 Å². The minimum Gasteiger partial charge on any atom is -0.322 e. The Labute approximate surface area is 121 Å². The van der Waals surface area contributed by atoms with Crippen molar-refractivity contribution in [2.45, 2.75) is 13.3 Å². The molecule has 0 aromatic carbocycles. The molecule has 0 saturated heterocycles. The van der Waals surface area contributed by atoms with E-state index >= 15 is 0 Å². The van der Waals surface area contributed by atoms with Gasteiger partial charge in [-0.3, -0.25) is 9.78 Å². The van der Waals surface area contributed by atoms with Crippen molar-refractivity contribution in [3.05, 3.63) is 35.4 Å². The van der Waals surface area contributed by atoms with Crippen LogP contribution in [-0.4, -0.2) is 26.4 Å². The molecule has 2 aromatic rings. The Morgan fingerprint density at radius 1 is 1.53 bits per heavy atom. The first-order chi connectivity index (χ1) is 9.10. The Balaban J connectivity index is 2.23. The number of pyridine rings is 1. The quantitative estimate of drug-likeness (QED) is 0.852. The zero-order valence-corrected chi connectivity index (χ0v) is 11.9. The summed E-state index contributed by atoms with van der Waals surface area (Å²) in [6.45, 7) is 1.94. The van der Waals surface area contributed by atoms with Crippen LogP contribution in [0.4, 0.5) is 5.69 Å². The molecule has 2 heterocycles. The monoisotopic (exact) mass is 296 g/mol.